The van der Waals surface area contributed by atoms with Gasteiger partial charge in [0.1, 0.15) is 5.75 Å². The van der Waals surface area contributed by atoms with Gasteiger partial charge in [0.05, 0.1) is 18.2 Å². The molecule has 1 N–H and O–H groups in total. The number of halogens is 1. The van der Waals surface area contributed by atoms with Crippen LogP contribution < -0.4 is 15.0 Å². The lowest BCUT2D eigenvalue weighted by Crippen LogP contribution is -2.50. The predicted molar refractivity (Wildman–Crippen MR) is 126 cm³/mol. The van der Waals surface area contributed by atoms with Crippen LogP contribution in [-0.4, -0.2) is 57.2 Å². The van der Waals surface area contributed by atoms with Crippen LogP contribution in [0.15, 0.2) is 48.5 Å². The zero-order valence-corrected chi connectivity index (χ0v) is 19.0. The normalized spacial score (nSPS) is 18.7. The van der Waals surface area contributed by atoms with Gasteiger partial charge in [-0.25, -0.2) is 0 Å². The van der Waals surface area contributed by atoms with Crippen molar-refractivity contribution in [1.82, 2.24) is 10.2 Å². The minimum Gasteiger partial charge on any atom is -0.495 e. The molecule has 2 aromatic rings. The number of anilines is 1. The summed E-state index contributed by atoms with van der Waals surface area (Å²) in [5, 5.41) is 3.95. The van der Waals surface area contributed by atoms with Crippen LogP contribution in [0.25, 0.3) is 0 Å². The molecule has 2 aromatic carbocycles. The van der Waals surface area contributed by atoms with E-state index in [0.29, 0.717) is 11.6 Å². The average molecular weight is 442 g/mol. The second-order valence-electron chi connectivity index (χ2n) is 8.55. The van der Waals surface area contributed by atoms with Crippen molar-refractivity contribution >= 4 is 23.2 Å². The molecule has 31 heavy (non-hydrogen) atoms. The van der Waals surface area contributed by atoms with Crippen LogP contribution in [0.3, 0.4) is 0 Å². The standard InChI is InChI=1S/C25H32ClN3O2/c1-31-23-7-3-2-6-22(23)29-18-16-28(17-19-29)15-14-27-24(30)25(12-4-5-13-25)20-8-10-21(26)11-9-20/h2-3,6-11H,4-5,12-19H2,1H3,(H,27,30). The number of rotatable bonds is 7. The second kappa shape index (κ2) is 9.92. The smallest absolute Gasteiger partial charge is 0.230 e. The number of methoxy groups -OCH3 is 1. The highest BCUT2D eigenvalue weighted by atomic mass is 35.5. The van der Waals surface area contributed by atoms with Gasteiger partial charge in [-0.1, -0.05) is 48.7 Å². The average Bonchev–Trinajstić information content (AvgIpc) is 3.31. The Bertz CT molecular complexity index is 873. The van der Waals surface area contributed by atoms with Crippen molar-refractivity contribution in [3.8, 4) is 5.75 Å². The molecule has 1 aliphatic carbocycles. The molecule has 1 aliphatic heterocycles. The maximum Gasteiger partial charge on any atom is 0.230 e. The third-order valence-electron chi connectivity index (χ3n) is 6.80. The van der Waals surface area contributed by atoms with Crippen molar-refractivity contribution in [2.24, 2.45) is 0 Å². The topological polar surface area (TPSA) is 44.8 Å². The minimum absolute atomic E-state index is 0.167. The van der Waals surface area contributed by atoms with E-state index in [1.807, 2.05) is 36.4 Å². The number of ether oxygens (including phenoxy) is 1. The van der Waals surface area contributed by atoms with Gasteiger partial charge in [-0.2, -0.15) is 0 Å². The van der Waals surface area contributed by atoms with Gasteiger partial charge in [0.2, 0.25) is 5.91 Å². The van der Waals surface area contributed by atoms with Crippen LogP contribution >= 0.6 is 11.6 Å². The summed E-state index contributed by atoms with van der Waals surface area (Å²) < 4.78 is 5.51. The van der Waals surface area contributed by atoms with Gasteiger partial charge in [0.25, 0.3) is 0 Å². The summed E-state index contributed by atoms with van der Waals surface area (Å²) in [6, 6.07) is 16.0. The molecule has 1 heterocycles. The number of nitrogens with zero attached hydrogens (tertiary/aromatic N) is 2. The number of piperazine rings is 1. The van der Waals surface area contributed by atoms with E-state index in [1.54, 1.807) is 7.11 Å². The predicted octanol–water partition coefficient (Wildman–Crippen LogP) is 4.10. The first-order chi connectivity index (χ1) is 15.1. The molecule has 0 aromatic heterocycles. The third-order valence-corrected chi connectivity index (χ3v) is 7.05. The van der Waals surface area contributed by atoms with Gasteiger partial charge in [0, 0.05) is 44.3 Å². The highest BCUT2D eigenvalue weighted by Gasteiger charge is 2.42. The van der Waals surface area contributed by atoms with Crippen LogP contribution in [0, 0.1) is 0 Å². The van der Waals surface area contributed by atoms with Gasteiger partial charge >= 0.3 is 0 Å². The van der Waals surface area contributed by atoms with Gasteiger partial charge in [-0.05, 0) is 42.7 Å². The number of para-hydroxylation sites is 2. The van der Waals surface area contributed by atoms with Crippen molar-refractivity contribution in [1.29, 1.82) is 0 Å². The Morgan fingerprint density at radius 1 is 1.03 bits per heavy atom. The Kier molecular flexibility index (Phi) is 7.03. The van der Waals surface area contributed by atoms with Gasteiger partial charge < -0.3 is 15.0 Å². The fourth-order valence-electron chi connectivity index (χ4n) is 4.99. The lowest BCUT2D eigenvalue weighted by atomic mass is 9.78. The zero-order chi connectivity index (χ0) is 21.7. The zero-order valence-electron chi connectivity index (χ0n) is 18.3. The largest absolute Gasteiger partial charge is 0.495 e. The van der Waals surface area contributed by atoms with Crippen molar-refractivity contribution in [2.75, 3.05) is 51.3 Å². The quantitative estimate of drug-likeness (QED) is 0.702. The Hall–Kier alpha value is -2.24. The Labute approximate surface area is 190 Å². The summed E-state index contributed by atoms with van der Waals surface area (Å²) in [6.07, 6.45) is 4.03. The summed E-state index contributed by atoms with van der Waals surface area (Å²) in [7, 11) is 1.72. The highest BCUT2D eigenvalue weighted by Crippen LogP contribution is 2.41. The van der Waals surface area contributed by atoms with E-state index in [1.165, 1.54) is 0 Å². The monoisotopic (exact) mass is 441 g/mol. The lowest BCUT2D eigenvalue weighted by molar-refractivity contribution is -0.126. The van der Waals surface area contributed by atoms with Crippen LogP contribution in [0.1, 0.15) is 31.2 Å². The van der Waals surface area contributed by atoms with E-state index < -0.39 is 5.41 Å². The number of benzene rings is 2. The summed E-state index contributed by atoms with van der Waals surface area (Å²) in [6.45, 7) is 5.45. The number of carbonyl (C=O) groups is 1. The summed E-state index contributed by atoms with van der Waals surface area (Å²) in [5.41, 5.74) is 1.86. The first-order valence-electron chi connectivity index (χ1n) is 11.3. The van der Waals surface area contributed by atoms with Crippen LogP contribution in [0.5, 0.6) is 5.75 Å². The molecule has 0 radical (unpaired) electrons. The van der Waals surface area contributed by atoms with Crippen molar-refractivity contribution in [2.45, 2.75) is 31.1 Å². The molecule has 4 rings (SSSR count). The van der Waals surface area contributed by atoms with Gasteiger partial charge in [-0.3, -0.25) is 9.69 Å². The van der Waals surface area contributed by atoms with Gasteiger partial charge in [0.15, 0.2) is 0 Å². The number of hydrogen-bond acceptors (Lipinski definition) is 4. The molecule has 0 spiro atoms. The maximum atomic E-state index is 13.2. The molecule has 2 fully saturated rings. The van der Waals surface area contributed by atoms with Crippen LogP contribution in [0.4, 0.5) is 5.69 Å². The molecule has 2 aliphatic rings. The van der Waals surface area contributed by atoms with E-state index >= 15 is 0 Å². The molecule has 1 saturated heterocycles. The minimum atomic E-state index is -0.396. The van der Waals surface area contributed by atoms with E-state index in [9.17, 15) is 4.79 Å². The molecule has 5 nitrogen and oxygen atoms in total. The second-order valence-corrected chi connectivity index (χ2v) is 8.99. The highest BCUT2D eigenvalue weighted by molar-refractivity contribution is 6.30. The number of carbonyl (C=O) groups excluding carboxylic acids is 1. The van der Waals surface area contributed by atoms with E-state index in [4.69, 9.17) is 16.3 Å². The van der Waals surface area contributed by atoms with Crippen molar-refractivity contribution in [3.05, 3.63) is 59.1 Å². The Balaban J connectivity index is 1.28. The first-order valence-corrected chi connectivity index (χ1v) is 11.6. The molecule has 6 heteroatoms. The van der Waals surface area contributed by atoms with Crippen LogP contribution in [0.2, 0.25) is 5.02 Å². The number of nitrogens with one attached hydrogen (secondary N) is 1. The van der Waals surface area contributed by atoms with E-state index in [0.717, 1.165) is 75.4 Å². The SMILES string of the molecule is COc1ccccc1N1CCN(CCNC(=O)C2(c3ccc(Cl)cc3)CCCC2)CC1. The summed E-state index contributed by atoms with van der Waals surface area (Å²) in [5.74, 6) is 1.09. The molecule has 1 saturated carbocycles. The molecule has 166 valence electrons. The maximum absolute atomic E-state index is 13.2. The fraction of sp³-hybridized carbons (Fsp3) is 0.480. The molecule has 0 unspecified atom stereocenters. The molecular weight excluding hydrogens is 410 g/mol. The van der Waals surface area contributed by atoms with Crippen molar-refractivity contribution in [3.63, 3.8) is 0 Å². The Morgan fingerprint density at radius 3 is 2.39 bits per heavy atom. The molecule has 1 amide bonds. The Morgan fingerprint density at radius 2 is 1.71 bits per heavy atom. The fourth-order valence-corrected chi connectivity index (χ4v) is 5.12. The van der Waals surface area contributed by atoms with Gasteiger partial charge in [-0.15, -0.1) is 0 Å². The summed E-state index contributed by atoms with van der Waals surface area (Å²) >= 11 is 6.06. The van der Waals surface area contributed by atoms with Crippen LogP contribution in [-0.2, 0) is 10.2 Å². The van der Waals surface area contributed by atoms with E-state index in [2.05, 4.69) is 27.2 Å². The summed E-state index contributed by atoms with van der Waals surface area (Å²) in [4.78, 5) is 18.0. The first kappa shape index (κ1) is 22.0. The van der Waals surface area contributed by atoms with E-state index in [-0.39, 0.29) is 5.91 Å². The number of hydrogen-bond donors (Lipinski definition) is 1. The third kappa shape index (κ3) is 4.83. The molecular formula is C25H32ClN3O2. The van der Waals surface area contributed by atoms with Crippen molar-refractivity contribution < 1.29 is 9.53 Å². The molecule has 0 bridgehead atoms. The lowest BCUT2D eigenvalue weighted by Gasteiger charge is -2.37. The molecule has 0 atom stereocenters. The number of amides is 1.